The first-order valence-electron chi connectivity index (χ1n) is 17.1. The molecule has 0 amide bonds. The minimum atomic E-state index is -0.0524. The summed E-state index contributed by atoms with van der Waals surface area (Å²) in [5.74, 6) is 0. The molecule has 210 valence electrons. The van der Waals surface area contributed by atoms with E-state index in [9.17, 15) is 2.74 Å². The van der Waals surface area contributed by atoms with Crippen LogP contribution in [0.1, 0.15) is 5.48 Å². The highest BCUT2D eigenvalue weighted by Gasteiger charge is 2.18. The number of hydrogen-bond acceptors (Lipinski definition) is 1. The second-order valence-electron chi connectivity index (χ2n) is 11.3. The molecule has 45 heavy (non-hydrogen) atoms. The molecule has 0 fully saturated rings. The van der Waals surface area contributed by atoms with Crippen molar-refractivity contribution in [2.24, 2.45) is 0 Å². The van der Waals surface area contributed by atoms with E-state index in [2.05, 4.69) is 48.5 Å². The molecule has 0 N–H and O–H groups in total. The van der Waals surface area contributed by atoms with Gasteiger partial charge in [-0.1, -0.05) is 145 Å². The van der Waals surface area contributed by atoms with E-state index < -0.39 is 0 Å². The summed E-state index contributed by atoms with van der Waals surface area (Å²) >= 11 is 0. The van der Waals surface area contributed by atoms with E-state index in [1.54, 1.807) is 0 Å². The van der Waals surface area contributed by atoms with Gasteiger partial charge in [-0.05, 0) is 90.3 Å². The second-order valence-corrected chi connectivity index (χ2v) is 11.3. The summed E-state index contributed by atoms with van der Waals surface area (Å²) in [6, 6.07) is 48.2. The molecule has 1 nitrogen and oxygen atoms in total. The topological polar surface area (TPSA) is 13.1 Å². The Balaban J connectivity index is 1.32. The SMILES string of the molecule is [2H]c1c([2H])c(-c2c3ccccc3c(-c3ccc4oc5ccc(-c6ccccc6)cc5c4c3)c3ccccc23)c([2H])c([2H])c1-c1ccccc1. The molecule has 0 aliphatic carbocycles. The summed E-state index contributed by atoms with van der Waals surface area (Å²) in [5.41, 5.74) is 7.96. The summed E-state index contributed by atoms with van der Waals surface area (Å²) in [5, 5.41) is 5.75. The fraction of sp³-hybridized carbons (Fsp3) is 0. The Morgan fingerprint density at radius 1 is 0.311 bits per heavy atom. The van der Waals surface area contributed by atoms with Crippen LogP contribution in [0.5, 0.6) is 0 Å². The molecule has 0 radical (unpaired) electrons. The van der Waals surface area contributed by atoms with Gasteiger partial charge < -0.3 is 4.42 Å². The van der Waals surface area contributed by atoms with Crippen LogP contribution in [0.15, 0.2) is 174 Å². The van der Waals surface area contributed by atoms with Crippen molar-refractivity contribution in [2.75, 3.05) is 0 Å². The molecule has 9 rings (SSSR count). The molecule has 0 aliphatic heterocycles. The Kier molecular flexibility index (Phi) is 5.00. The van der Waals surface area contributed by atoms with E-state index in [0.717, 1.165) is 65.7 Å². The van der Waals surface area contributed by atoms with E-state index in [0.29, 0.717) is 22.3 Å². The van der Waals surface area contributed by atoms with Crippen molar-refractivity contribution in [1.82, 2.24) is 0 Å². The molecule has 0 bridgehead atoms. The van der Waals surface area contributed by atoms with Crippen LogP contribution in [-0.4, -0.2) is 0 Å². The molecule has 9 aromatic rings. The van der Waals surface area contributed by atoms with Crippen LogP contribution in [0.3, 0.4) is 0 Å². The maximum Gasteiger partial charge on any atom is 0.135 e. The fourth-order valence-electron chi connectivity index (χ4n) is 6.64. The lowest BCUT2D eigenvalue weighted by Crippen LogP contribution is -1.91. The van der Waals surface area contributed by atoms with Crippen molar-refractivity contribution < 1.29 is 9.90 Å². The largest absolute Gasteiger partial charge is 0.456 e. The third-order valence-corrected chi connectivity index (χ3v) is 8.73. The molecule has 0 saturated carbocycles. The average molecular weight is 577 g/mol. The Hall–Kier alpha value is -5.92. The predicted molar refractivity (Wildman–Crippen MR) is 190 cm³/mol. The van der Waals surface area contributed by atoms with Crippen molar-refractivity contribution in [2.45, 2.75) is 0 Å². The molecule has 0 saturated heterocycles. The molecule has 0 aliphatic rings. The summed E-state index contributed by atoms with van der Waals surface area (Å²) in [7, 11) is 0. The molecule has 1 heterocycles. The quantitative estimate of drug-likeness (QED) is 0.190. The zero-order chi connectivity index (χ0) is 33.2. The summed E-state index contributed by atoms with van der Waals surface area (Å²) in [4.78, 5) is 0. The van der Waals surface area contributed by atoms with Gasteiger partial charge >= 0.3 is 0 Å². The van der Waals surface area contributed by atoms with Crippen molar-refractivity contribution in [1.29, 1.82) is 0 Å². The van der Waals surface area contributed by atoms with Crippen molar-refractivity contribution >= 4 is 43.5 Å². The van der Waals surface area contributed by atoms with Crippen molar-refractivity contribution in [3.05, 3.63) is 170 Å². The zero-order valence-corrected chi connectivity index (χ0v) is 24.3. The smallest absolute Gasteiger partial charge is 0.135 e. The molecule has 0 atom stereocenters. The molecule has 0 spiro atoms. The van der Waals surface area contributed by atoms with Crippen LogP contribution in [-0.2, 0) is 0 Å². The van der Waals surface area contributed by atoms with Crippen LogP contribution in [0.4, 0.5) is 0 Å². The van der Waals surface area contributed by atoms with E-state index in [4.69, 9.17) is 7.16 Å². The highest BCUT2D eigenvalue weighted by atomic mass is 16.3. The van der Waals surface area contributed by atoms with Crippen molar-refractivity contribution in [3.63, 3.8) is 0 Å². The summed E-state index contributed by atoms with van der Waals surface area (Å²) in [6.45, 7) is 0. The van der Waals surface area contributed by atoms with Crippen LogP contribution >= 0.6 is 0 Å². The van der Waals surface area contributed by atoms with E-state index in [1.807, 2.05) is 97.1 Å². The summed E-state index contributed by atoms with van der Waals surface area (Å²) in [6.07, 6.45) is 0. The highest BCUT2D eigenvalue weighted by Crippen LogP contribution is 2.45. The van der Waals surface area contributed by atoms with Gasteiger partial charge in [0.25, 0.3) is 0 Å². The first-order chi connectivity index (χ1) is 24.0. The minimum absolute atomic E-state index is 0.0494. The van der Waals surface area contributed by atoms with Gasteiger partial charge in [0, 0.05) is 10.8 Å². The maximum absolute atomic E-state index is 9.26. The lowest BCUT2D eigenvalue weighted by atomic mass is 9.85. The normalized spacial score (nSPS) is 12.8. The maximum atomic E-state index is 9.26. The first kappa shape index (κ1) is 21.7. The van der Waals surface area contributed by atoms with Crippen LogP contribution in [0.25, 0.3) is 88.0 Å². The number of hydrogen-bond donors (Lipinski definition) is 0. The molecular formula is C44H28O. The number of furan rings is 1. The summed E-state index contributed by atoms with van der Waals surface area (Å²) < 4.78 is 42.9. The van der Waals surface area contributed by atoms with E-state index in [1.165, 1.54) is 0 Å². The van der Waals surface area contributed by atoms with Crippen LogP contribution in [0, 0.1) is 0 Å². The van der Waals surface area contributed by atoms with Crippen LogP contribution < -0.4 is 0 Å². The van der Waals surface area contributed by atoms with Gasteiger partial charge in [-0.15, -0.1) is 0 Å². The van der Waals surface area contributed by atoms with Crippen molar-refractivity contribution in [3.8, 4) is 44.5 Å². The standard InChI is InChI=1S/C44H28O/c1-3-11-29(12-4-1)31-19-21-32(22-20-31)43-35-15-7-9-17-37(35)44(38-18-10-8-16-36(38)43)34-24-26-42-40(28-34)39-27-33(23-25-41(39)45-42)30-13-5-2-6-14-30/h1-28H/i19D,20D,21D,22D. The van der Waals surface area contributed by atoms with Gasteiger partial charge in [-0.25, -0.2) is 0 Å². The lowest BCUT2D eigenvalue weighted by Gasteiger charge is -2.18. The highest BCUT2D eigenvalue weighted by molar-refractivity contribution is 6.22. The number of benzene rings is 8. The lowest BCUT2D eigenvalue weighted by molar-refractivity contribution is 0.669. The zero-order valence-electron chi connectivity index (χ0n) is 28.3. The number of fused-ring (bicyclic) bond motifs is 5. The predicted octanol–water partition coefficient (Wildman–Crippen LogP) is 12.6. The Labute approximate surface area is 267 Å². The third-order valence-electron chi connectivity index (χ3n) is 8.73. The molecular weight excluding hydrogens is 544 g/mol. The van der Waals surface area contributed by atoms with E-state index in [-0.39, 0.29) is 24.2 Å². The molecule has 0 unspecified atom stereocenters. The Morgan fingerprint density at radius 2 is 0.711 bits per heavy atom. The van der Waals surface area contributed by atoms with Gasteiger partial charge in [0.15, 0.2) is 0 Å². The Morgan fingerprint density at radius 3 is 1.24 bits per heavy atom. The Bertz CT molecular complexity index is 2660. The first-order valence-corrected chi connectivity index (χ1v) is 15.1. The van der Waals surface area contributed by atoms with E-state index >= 15 is 0 Å². The minimum Gasteiger partial charge on any atom is -0.456 e. The molecule has 1 aromatic heterocycles. The van der Waals surface area contributed by atoms with Gasteiger partial charge in [0.1, 0.15) is 11.2 Å². The van der Waals surface area contributed by atoms with Gasteiger partial charge in [0.2, 0.25) is 0 Å². The van der Waals surface area contributed by atoms with Gasteiger partial charge in [-0.3, -0.25) is 0 Å². The van der Waals surface area contributed by atoms with Crippen LogP contribution in [0.2, 0.25) is 0 Å². The molecule has 1 heteroatoms. The molecule has 8 aromatic carbocycles. The van der Waals surface area contributed by atoms with Gasteiger partial charge in [0.05, 0.1) is 5.48 Å². The fourth-order valence-corrected chi connectivity index (χ4v) is 6.64. The third kappa shape index (κ3) is 4.24. The number of rotatable bonds is 4. The monoisotopic (exact) mass is 576 g/mol. The second kappa shape index (κ2) is 10.4. The average Bonchev–Trinajstić information content (AvgIpc) is 3.52. The van der Waals surface area contributed by atoms with Gasteiger partial charge in [-0.2, -0.15) is 0 Å².